The van der Waals surface area contributed by atoms with Gasteiger partial charge in [0.15, 0.2) is 0 Å². The average molecular weight is 439 g/mol. The van der Waals surface area contributed by atoms with Crippen molar-refractivity contribution in [1.82, 2.24) is 15.6 Å². The summed E-state index contributed by atoms with van der Waals surface area (Å²) >= 11 is 0. The van der Waals surface area contributed by atoms with Gasteiger partial charge in [0.25, 0.3) is 0 Å². The van der Waals surface area contributed by atoms with Crippen LogP contribution in [0.5, 0.6) is 0 Å². The molecule has 1 heterocycles. The van der Waals surface area contributed by atoms with Gasteiger partial charge < -0.3 is 0 Å². The van der Waals surface area contributed by atoms with Crippen LogP contribution in [0.25, 0.3) is 5.57 Å². The third-order valence-corrected chi connectivity index (χ3v) is 4.85. The van der Waals surface area contributed by atoms with Gasteiger partial charge >= 0.3 is 174 Å². The van der Waals surface area contributed by atoms with Crippen molar-refractivity contribution in [2.45, 2.75) is 26.6 Å². The zero-order valence-electron chi connectivity index (χ0n) is 19.7. The molecule has 0 aliphatic rings. The number of benzene rings is 1. The molecule has 0 fully saturated rings. The molecule has 33 heavy (non-hydrogen) atoms. The minimum absolute atomic E-state index is 0.172. The summed E-state index contributed by atoms with van der Waals surface area (Å²) in [4.78, 5) is 28.3. The first-order chi connectivity index (χ1) is 15.9. The molecule has 0 radical (unpaired) electrons. The summed E-state index contributed by atoms with van der Waals surface area (Å²) in [5, 5.41) is 5.63. The zero-order valence-corrected chi connectivity index (χ0v) is 19.7. The topological polar surface area (TPSA) is 71.1 Å². The molecule has 0 atom stereocenters. The Bertz CT molecular complexity index is 1070. The van der Waals surface area contributed by atoms with E-state index in [0.717, 1.165) is 17.5 Å². The standard InChI is InChI=1S/C26H31B2N3O2/c1-4-5-9-21(16-28-15-20-8-6-10-24(27)13-20)22-14-23(18-29-17-22)26(33)31-12-7-11-30-25(32)19(2)3/h4-6,8-10,13-14,16-18H,2,7,11-12,15,27H2,1,3H3,(H,30,32)(H,31,33)/b5-4-,21-9+. The van der Waals surface area contributed by atoms with Crippen LogP contribution >= 0.6 is 0 Å². The number of hydrogen-bond acceptors (Lipinski definition) is 3. The van der Waals surface area contributed by atoms with Crippen molar-refractivity contribution in [3.63, 3.8) is 0 Å². The number of nitrogens with zero attached hydrogens (tertiary/aromatic N) is 1. The Morgan fingerprint density at radius 2 is 1.91 bits per heavy atom. The zero-order chi connectivity index (χ0) is 24.1. The fourth-order valence-electron chi connectivity index (χ4n) is 3.08. The molecule has 1 aromatic heterocycles. The van der Waals surface area contributed by atoms with Gasteiger partial charge in [-0.15, -0.1) is 0 Å². The molecule has 2 aromatic rings. The Balaban J connectivity index is 2.01. The molecule has 0 saturated carbocycles. The minimum atomic E-state index is -0.190. The molecule has 5 nitrogen and oxygen atoms in total. The molecule has 0 spiro atoms. The summed E-state index contributed by atoms with van der Waals surface area (Å²) in [7, 11) is 2.09. The number of allylic oxidation sites excluding steroid dienone is 4. The molecule has 0 aliphatic heterocycles. The van der Waals surface area contributed by atoms with E-state index in [4.69, 9.17) is 0 Å². The maximum atomic E-state index is 12.6. The average Bonchev–Trinajstić information content (AvgIpc) is 2.80. The Hall–Kier alpha value is -3.47. The normalized spacial score (nSPS) is 11.4. The molecule has 2 rings (SSSR count). The first kappa shape index (κ1) is 25.8. The summed E-state index contributed by atoms with van der Waals surface area (Å²) in [6.07, 6.45) is 10.7. The summed E-state index contributed by atoms with van der Waals surface area (Å²) in [6, 6.07) is 10.3. The third kappa shape index (κ3) is 9.27. The predicted octanol–water partition coefficient (Wildman–Crippen LogP) is 1.82. The molecular weight excluding hydrogens is 408 g/mol. The van der Waals surface area contributed by atoms with Gasteiger partial charge in [0, 0.05) is 5.57 Å². The Morgan fingerprint density at radius 1 is 1.15 bits per heavy atom. The second-order valence-electron chi connectivity index (χ2n) is 7.85. The van der Waals surface area contributed by atoms with Crippen LogP contribution in [0.3, 0.4) is 0 Å². The molecule has 7 heteroatoms. The first-order valence-corrected chi connectivity index (χ1v) is 11.1. The number of aromatic nitrogens is 1. The quantitative estimate of drug-likeness (QED) is 0.243. The van der Waals surface area contributed by atoms with Crippen molar-refractivity contribution < 1.29 is 9.59 Å². The number of pyridine rings is 1. The molecule has 0 bridgehead atoms. The van der Waals surface area contributed by atoms with E-state index in [1.807, 2.05) is 31.2 Å². The van der Waals surface area contributed by atoms with Crippen LogP contribution in [0.15, 0.2) is 73.1 Å². The number of carbonyl (C=O) groups excluding carboxylic acids is 2. The van der Waals surface area contributed by atoms with Gasteiger partial charge in [-0.2, -0.15) is 0 Å². The van der Waals surface area contributed by atoms with Crippen molar-refractivity contribution in [2.24, 2.45) is 0 Å². The van der Waals surface area contributed by atoms with E-state index in [1.54, 1.807) is 19.3 Å². The van der Waals surface area contributed by atoms with Gasteiger partial charge in [0.1, 0.15) is 0 Å². The van der Waals surface area contributed by atoms with Crippen molar-refractivity contribution >= 4 is 43.6 Å². The van der Waals surface area contributed by atoms with E-state index in [-0.39, 0.29) is 11.8 Å². The summed E-state index contributed by atoms with van der Waals surface area (Å²) in [5.74, 6) is 1.70. The van der Waals surface area contributed by atoms with Gasteiger partial charge in [-0.25, -0.2) is 0 Å². The van der Waals surface area contributed by atoms with Crippen molar-refractivity contribution in [3.8, 4) is 0 Å². The molecule has 2 amide bonds. The maximum absolute atomic E-state index is 12.6. The Morgan fingerprint density at radius 3 is 2.64 bits per heavy atom. The molecule has 0 saturated heterocycles. The van der Waals surface area contributed by atoms with Crippen LogP contribution in [0.2, 0.25) is 0 Å². The third-order valence-electron chi connectivity index (χ3n) is 4.85. The van der Waals surface area contributed by atoms with Gasteiger partial charge in [-0.3, -0.25) is 4.79 Å². The van der Waals surface area contributed by atoms with Crippen molar-refractivity contribution in [3.05, 3.63) is 89.8 Å². The van der Waals surface area contributed by atoms with E-state index < -0.39 is 0 Å². The number of amides is 2. The van der Waals surface area contributed by atoms with Crippen LogP contribution in [0, 0.1) is 0 Å². The summed E-state index contributed by atoms with van der Waals surface area (Å²) in [5.41, 5.74) is 5.31. The van der Waals surface area contributed by atoms with E-state index in [9.17, 15) is 9.59 Å². The van der Waals surface area contributed by atoms with E-state index in [0.29, 0.717) is 30.6 Å². The van der Waals surface area contributed by atoms with Crippen LogP contribution in [0.4, 0.5) is 0 Å². The molecule has 1 aromatic carbocycles. The van der Waals surface area contributed by atoms with Crippen LogP contribution in [-0.2, 0) is 11.1 Å². The molecule has 0 unspecified atom stereocenters. The number of hydrogen-bond donors (Lipinski definition) is 2. The fourth-order valence-corrected chi connectivity index (χ4v) is 3.08. The van der Waals surface area contributed by atoms with E-state index in [1.165, 1.54) is 11.0 Å². The SMILES string of the molecule is Bc1cccc(C/B=C/C(=C\C=C/C)c2cncc(C(=O)NCCCNC(=O)C(=C)C)c2)c1. The second-order valence-corrected chi connectivity index (χ2v) is 7.85. The molecule has 168 valence electrons. The predicted molar refractivity (Wildman–Crippen MR) is 142 cm³/mol. The van der Waals surface area contributed by atoms with Crippen molar-refractivity contribution in [2.75, 3.05) is 13.1 Å². The summed E-state index contributed by atoms with van der Waals surface area (Å²) in [6.45, 7) is 10.3. The fraction of sp³-hybridized carbons (Fsp3) is 0.231. The Labute approximate surface area is 198 Å². The number of carbonyl (C=O) groups is 2. The van der Waals surface area contributed by atoms with Gasteiger partial charge in [-0.1, -0.05) is 6.58 Å². The van der Waals surface area contributed by atoms with Crippen LogP contribution in [-0.4, -0.2) is 50.6 Å². The van der Waals surface area contributed by atoms with Crippen LogP contribution in [0.1, 0.15) is 41.8 Å². The van der Waals surface area contributed by atoms with E-state index >= 15 is 0 Å². The van der Waals surface area contributed by atoms with Crippen LogP contribution < -0.4 is 16.1 Å². The summed E-state index contributed by atoms with van der Waals surface area (Å²) < 4.78 is 0. The van der Waals surface area contributed by atoms with Crippen molar-refractivity contribution in [1.29, 1.82) is 0 Å². The number of nitrogens with one attached hydrogen (secondary N) is 2. The number of rotatable bonds is 11. The molecule has 0 aliphatic carbocycles. The monoisotopic (exact) mass is 439 g/mol. The molecule has 2 N–H and O–H groups in total. The Kier molecular flexibility index (Phi) is 10.8. The second kappa shape index (κ2) is 13.8. The molecular formula is C26H31B2N3O2. The van der Waals surface area contributed by atoms with Gasteiger partial charge in [-0.05, 0) is 6.92 Å². The van der Waals surface area contributed by atoms with Gasteiger partial charge in [0.2, 0.25) is 0 Å². The first-order valence-electron chi connectivity index (χ1n) is 11.1. The van der Waals surface area contributed by atoms with Gasteiger partial charge in [0.05, 0.1) is 0 Å². The van der Waals surface area contributed by atoms with E-state index in [2.05, 4.69) is 67.2 Å².